The molecule has 2 N–H and O–H groups in total. The minimum absolute atomic E-state index is 0.624. The maximum absolute atomic E-state index is 3.68. The topological polar surface area (TPSA) is 27.3 Å². The molecule has 3 nitrogen and oxygen atoms in total. The van der Waals surface area contributed by atoms with E-state index < -0.39 is 0 Å². The van der Waals surface area contributed by atoms with E-state index in [0.29, 0.717) is 5.92 Å². The summed E-state index contributed by atoms with van der Waals surface area (Å²) in [7, 11) is 0. The van der Waals surface area contributed by atoms with Crippen LogP contribution in [0.2, 0.25) is 0 Å². The van der Waals surface area contributed by atoms with Gasteiger partial charge in [-0.1, -0.05) is 22.0 Å². The highest BCUT2D eigenvalue weighted by atomic mass is 79.9. The largest absolute Gasteiger partial charge is 0.384 e. The van der Waals surface area contributed by atoms with E-state index in [2.05, 4.69) is 49.7 Å². The van der Waals surface area contributed by atoms with Crippen LogP contribution < -0.4 is 10.6 Å². The van der Waals surface area contributed by atoms with Crippen molar-refractivity contribution in [3.8, 4) is 0 Å². The van der Waals surface area contributed by atoms with Crippen LogP contribution in [0.4, 0.5) is 5.69 Å². The number of nitrogens with one attached hydrogen (secondary N) is 2. The summed E-state index contributed by atoms with van der Waals surface area (Å²) in [5.74, 6) is 0.624. The number of hydrogen-bond donors (Lipinski definition) is 2. The molecule has 0 bridgehead atoms. The second kappa shape index (κ2) is 4.96. The molecule has 0 aliphatic carbocycles. The first-order chi connectivity index (χ1) is 8.34. The lowest BCUT2D eigenvalue weighted by Gasteiger charge is -2.29. The van der Waals surface area contributed by atoms with Crippen molar-refractivity contribution in [3.05, 3.63) is 28.2 Å². The fraction of sp³-hybridized carbons (Fsp3) is 0.538. The summed E-state index contributed by atoms with van der Waals surface area (Å²) in [6.45, 7) is 6.85. The fourth-order valence-electron chi connectivity index (χ4n) is 2.80. The Bertz CT molecular complexity index is 402. The van der Waals surface area contributed by atoms with Crippen LogP contribution >= 0.6 is 15.9 Å². The minimum atomic E-state index is 0.624. The van der Waals surface area contributed by atoms with E-state index >= 15 is 0 Å². The third kappa shape index (κ3) is 2.34. The zero-order valence-electron chi connectivity index (χ0n) is 9.88. The monoisotopic (exact) mass is 295 g/mol. The van der Waals surface area contributed by atoms with Crippen LogP contribution in [-0.4, -0.2) is 44.2 Å². The second-order valence-electron chi connectivity index (χ2n) is 4.83. The highest BCUT2D eigenvalue weighted by Crippen LogP contribution is 2.37. The number of anilines is 1. The molecular weight excluding hydrogens is 278 g/mol. The summed E-state index contributed by atoms with van der Waals surface area (Å²) < 4.78 is 1.25. The Morgan fingerprint density at radius 1 is 1.29 bits per heavy atom. The van der Waals surface area contributed by atoms with Gasteiger partial charge in [0.2, 0.25) is 0 Å². The number of benzene rings is 1. The average Bonchev–Trinajstić information content (AvgIpc) is 2.75. The van der Waals surface area contributed by atoms with Gasteiger partial charge in [0.1, 0.15) is 0 Å². The Hall–Kier alpha value is -0.580. The van der Waals surface area contributed by atoms with Crippen LogP contribution in [-0.2, 0) is 0 Å². The Morgan fingerprint density at radius 2 is 2.12 bits per heavy atom. The second-order valence-corrected chi connectivity index (χ2v) is 5.68. The number of halogens is 1. The number of fused-ring (bicyclic) bond motifs is 1. The predicted molar refractivity (Wildman–Crippen MR) is 74.7 cm³/mol. The first-order valence-corrected chi connectivity index (χ1v) is 7.09. The van der Waals surface area contributed by atoms with E-state index in [1.54, 1.807) is 0 Å². The molecule has 1 atom stereocenters. The highest BCUT2D eigenvalue weighted by molar-refractivity contribution is 9.10. The molecule has 3 rings (SSSR count). The zero-order valence-corrected chi connectivity index (χ0v) is 11.5. The van der Waals surface area contributed by atoms with Crippen LogP contribution in [0.25, 0.3) is 0 Å². The van der Waals surface area contributed by atoms with Crippen molar-refractivity contribution >= 4 is 21.6 Å². The number of hydrogen-bond acceptors (Lipinski definition) is 3. The summed E-state index contributed by atoms with van der Waals surface area (Å²) >= 11 is 3.68. The van der Waals surface area contributed by atoms with Gasteiger partial charge >= 0.3 is 0 Å². The molecule has 1 aromatic carbocycles. The van der Waals surface area contributed by atoms with E-state index in [4.69, 9.17) is 0 Å². The highest BCUT2D eigenvalue weighted by Gasteiger charge is 2.26. The fourth-order valence-corrected chi connectivity index (χ4v) is 3.49. The maximum Gasteiger partial charge on any atom is 0.0388 e. The van der Waals surface area contributed by atoms with Crippen molar-refractivity contribution in [2.45, 2.75) is 5.92 Å². The van der Waals surface area contributed by atoms with E-state index in [0.717, 1.165) is 19.6 Å². The van der Waals surface area contributed by atoms with Crippen LogP contribution in [0.5, 0.6) is 0 Å². The molecule has 1 fully saturated rings. The van der Waals surface area contributed by atoms with Crippen LogP contribution in [0.3, 0.4) is 0 Å². The summed E-state index contributed by atoms with van der Waals surface area (Å²) in [4.78, 5) is 2.57. The molecule has 0 aromatic heterocycles. The molecule has 0 spiro atoms. The summed E-state index contributed by atoms with van der Waals surface area (Å²) in [5, 5.41) is 6.91. The Morgan fingerprint density at radius 3 is 2.94 bits per heavy atom. The molecule has 2 aliphatic heterocycles. The van der Waals surface area contributed by atoms with Crippen LogP contribution in [0, 0.1) is 0 Å². The maximum atomic E-state index is 3.68. The van der Waals surface area contributed by atoms with Crippen molar-refractivity contribution in [3.63, 3.8) is 0 Å². The summed E-state index contributed by atoms with van der Waals surface area (Å²) in [6.07, 6.45) is 0. The lowest BCUT2D eigenvalue weighted by atomic mass is 10.0. The van der Waals surface area contributed by atoms with E-state index in [1.165, 1.54) is 35.4 Å². The van der Waals surface area contributed by atoms with Crippen molar-refractivity contribution in [2.24, 2.45) is 0 Å². The quantitative estimate of drug-likeness (QED) is 0.872. The van der Waals surface area contributed by atoms with Gasteiger partial charge in [0.15, 0.2) is 0 Å². The van der Waals surface area contributed by atoms with Crippen molar-refractivity contribution in [1.29, 1.82) is 0 Å². The van der Waals surface area contributed by atoms with Gasteiger partial charge < -0.3 is 15.5 Å². The van der Waals surface area contributed by atoms with Gasteiger partial charge in [0, 0.05) is 55.3 Å². The molecule has 4 heteroatoms. The van der Waals surface area contributed by atoms with Gasteiger partial charge in [-0.2, -0.15) is 0 Å². The van der Waals surface area contributed by atoms with Gasteiger partial charge in [-0.05, 0) is 17.7 Å². The Kier molecular flexibility index (Phi) is 3.36. The third-order valence-electron chi connectivity index (χ3n) is 3.69. The van der Waals surface area contributed by atoms with Gasteiger partial charge in [-0.15, -0.1) is 0 Å². The number of rotatable bonds is 2. The smallest absolute Gasteiger partial charge is 0.0388 e. The molecule has 17 heavy (non-hydrogen) atoms. The molecule has 0 saturated carbocycles. The number of nitrogens with zero attached hydrogens (tertiary/aromatic N) is 1. The Balaban J connectivity index is 1.74. The molecule has 0 radical (unpaired) electrons. The summed E-state index contributed by atoms with van der Waals surface area (Å²) in [6, 6.07) is 6.43. The zero-order chi connectivity index (χ0) is 11.7. The van der Waals surface area contributed by atoms with Crippen LogP contribution in [0.1, 0.15) is 11.5 Å². The average molecular weight is 296 g/mol. The molecule has 1 saturated heterocycles. The number of piperazine rings is 1. The normalized spacial score (nSPS) is 24.4. The van der Waals surface area contributed by atoms with Crippen molar-refractivity contribution in [2.75, 3.05) is 44.6 Å². The first-order valence-electron chi connectivity index (χ1n) is 6.30. The van der Waals surface area contributed by atoms with E-state index in [9.17, 15) is 0 Å². The van der Waals surface area contributed by atoms with Crippen molar-refractivity contribution < 1.29 is 0 Å². The molecular formula is C13H18BrN3. The Labute approximate surface area is 111 Å². The predicted octanol–water partition coefficient (Wildman–Crippen LogP) is 1.86. The minimum Gasteiger partial charge on any atom is -0.384 e. The molecule has 1 aromatic rings. The molecule has 2 aliphatic rings. The van der Waals surface area contributed by atoms with E-state index in [1.807, 2.05) is 0 Å². The lowest BCUT2D eigenvalue weighted by Crippen LogP contribution is -2.45. The SMILES string of the molecule is Brc1cccc2c1C(CN1CCNCC1)CN2. The first kappa shape index (κ1) is 11.5. The van der Waals surface area contributed by atoms with Gasteiger partial charge in [-0.3, -0.25) is 0 Å². The summed E-state index contributed by atoms with van der Waals surface area (Å²) in [5.41, 5.74) is 2.77. The molecule has 0 amide bonds. The molecule has 2 heterocycles. The van der Waals surface area contributed by atoms with Gasteiger partial charge in [-0.25, -0.2) is 0 Å². The van der Waals surface area contributed by atoms with Gasteiger partial charge in [0.05, 0.1) is 0 Å². The third-order valence-corrected chi connectivity index (χ3v) is 4.38. The molecule has 1 unspecified atom stereocenters. The molecule has 92 valence electrons. The van der Waals surface area contributed by atoms with E-state index in [-0.39, 0.29) is 0 Å². The van der Waals surface area contributed by atoms with Crippen LogP contribution in [0.15, 0.2) is 22.7 Å². The van der Waals surface area contributed by atoms with Crippen molar-refractivity contribution in [1.82, 2.24) is 10.2 Å². The van der Waals surface area contributed by atoms with Gasteiger partial charge in [0.25, 0.3) is 0 Å². The lowest BCUT2D eigenvalue weighted by molar-refractivity contribution is 0.230. The standard InChI is InChI=1S/C13H18BrN3/c14-11-2-1-3-12-13(11)10(8-16-12)9-17-6-4-15-5-7-17/h1-3,10,15-16H,4-9H2.